The Morgan fingerprint density at radius 1 is 1.24 bits per heavy atom. The minimum atomic E-state index is -0.997. The summed E-state index contributed by atoms with van der Waals surface area (Å²) >= 11 is 0. The summed E-state index contributed by atoms with van der Waals surface area (Å²) in [6, 6.07) is 13.2. The smallest absolute Gasteiger partial charge is 0.315 e. The fourth-order valence-corrected chi connectivity index (χ4v) is 3.05. The summed E-state index contributed by atoms with van der Waals surface area (Å²) in [5.41, 5.74) is 1.20. The fourth-order valence-electron chi connectivity index (χ4n) is 3.05. The van der Waals surface area contributed by atoms with Gasteiger partial charge in [-0.2, -0.15) is 0 Å². The summed E-state index contributed by atoms with van der Waals surface area (Å²) in [6.07, 6.45) is 3.52. The third-order valence-corrected chi connectivity index (χ3v) is 4.73. The predicted octanol–water partition coefficient (Wildman–Crippen LogP) is 2.76. The highest BCUT2D eigenvalue weighted by Crippen LogP contribution is 2.18. The first-order chi connectivity index (χ1) is 13.9. The summed E-state index contributed by atoms with van der Waals surface area (Å²) in [5, 5.41) is 23.1. The standard InChI is InChI=1S/C21H24FN5O2/c1-15(16-7-9-18(10-8-16)27-12-11-23-26-27)24-20(29)25-21(2,14-28)13-17-5-3-4-6-19(17)22/h3-12,15,28H,13-14H2,1-2H3,(H2,24,25,29). The Hall–Kier alpha value is -3.26. The van der Waals surface area contributed by atoms with Crippen molar-refractivity contribution in [2.75, 3.05) is 6.61 Å². The molecule has 2 atom stereocenters. The number of nitrogens with zero attached hydrogens (tertiary/aromatic N) is 3. The van der Waals surface area contributed by atoms with E-state index >= 15 is 0 Å². The number of amides is 2. The topological polar surface area (TPSA) is 92.1 Å². The average Bonchev–Trinajstić information content (AvgIpc) is 3.24. The lowest BCUT2D eigenvalue weighted by Crippen LogP contribution is -2.54. The van der Waals surface area contributed by atoms with E-state index in [1.165, 1.54) is 6.07 Å². The molecule has 29 heavy (non-hydrogen) atoms. The van der Waals surface area contributed by atoms with E-state index in [0.717, 1.165) is 11.3 Å². The van der Waals surface area contributed by atoms with Gasteiger partial charge in [-0.25, -0.2) is 13.9 Å². The average molecular weight is 397 g/mol. The van der Waals surface area contributed by atoms with Crippen LogP contribution in [0.2, 0.25) is 0 Å². The van der Waals surface area contributed by atoms with Gasteiger partial charge in [0.25, 0.3) is 0 Å². The van der Waals surface area contributed by atoms with Gasteiger partial charge in [-0.3, -0.25) is 0 Å². The number of benzene rings is 2. The van der Waals surface area contributed by atoms with Gasteiger partial charge >= 0.3 is 6.03 Å². The van der Waals surface area contributed by atoms with Gasteiger partial charge in [0.05, 0.1) is 36.3 Å². The Morgan fingerprint density at radius 2 is 1.97 bits per heavy atom. The molecule has 3 N–H and O–H groups in total. The first-order valence-electron chi connectivity index (χ1n) is 9.30. The Kier molecular flexibility index (Phi) is 6.23. The van der Waals surface area contributed by atoms with Crippen LogP contribution < -0.4 is 10.6 Å². The molecule has 0 aliphatic rings. The fraction of sp³-hybridized carbons (Fsp3) is 0.286. The number of rotatable bonds is 7. The van der Waals surface area contributed by atoms with E-state index in [0.29, 0.717) is 5.56 Å². The molecular formula is C21H24FN5O2. The molecular weight excluding hydrogens is 373 g/mol. The lowest BCUT2D eigenvalue weighted by molar-refractivity contribution is 0.168. The SMILES string of the molecule is CC(NC(=O)NC(C)(CO)Cc1ccccc1F)c1ccc(-n2ccnn2)cc1. The number of urea groups is 1. The Morgan fingerprint density at radius 3 is 2.59 bits per heavy atom. The molecule has 2 amide bonds. The number of halogens is 1. The molecule has 0 saturated heterocycles. The normalized spacial score (nSPS) is 14.1. The Labute approximate surface area is 168 Å². The van der Waals surface area contributed by atoms with E-state index < -0.39 is 11.6 Å². The summed E-state index contributed by atoms with van der Waals surface area (Å²) in [5.74, 6) is -0.366. The van der Waals surface area contributed by atoms with Gasteiger partial charge in [0, 0.05) is 6.42 Å². The van der Waals surface area contributed by atoms with Crippen molar-refractivity contribution < 1.29 is 14.3 Å². The van der Waals surface area contributed by atoms with Crippen molar-refractivity contribution in [3.8, 4) is 5.69 Å². The molecule has 7 nitrogen and oxygen atoms in total. The van der Waals surface area contributed by atoms with E-state index in [4.69, 9.17) is 0 Å². The van der Waals surface area contributed by atoms with Crippen LogP contribution in [-0.4, -0.2) is 38.3 Å². The van der Waals surface area contributed by atoms with Crippen molar-refractivity contribution in [1.29, 1.82) is 0 Å². The monoisotopic (exact) mass is 397 g/mol. The summed E-state index contributed by atoms with van der Waals surface area (Å²) in [7, 11) is 0. The number of hydrogen-bond acceptors (Lipinski definition) is 4. The lowest BCUT2D eigenvalue weighted by Gasteiger charge is -2.30. The second kappa shape index (κ2) is 8.83. The summed E-state index contributed by atoms with van der Waals surface area (Å²) in [6.45, 7) is 3.21. The number of aliphatic hydroxyl groups is 1. The molecule has 0 spiro atoms. The highest BCUT2D eigenvalue weighted by molar-refractivity contribution is 5.75. The second-order valence-corrected chi connectivity index (χ2v) is 7.25. The van der Waals surface area contributed by atoms with E-state index in [-0.39, 0.29) is 24.9 Å². The quantitative estimate of drug-likeness (QED) is 0.572. The van der Waals surface area contributed by atoms with Crippen LogP contribution in [0.25, 0.3) is 5.69 Å². The van der Waals surface area contributed by atoms with Crippen LogP contribution in [0.4, 0.5) is 9.18 Å². The van der Waals surface area contributed by atoms with Gasteiger partial charge in [-0.1, -0.05) is 35.5 Å². The minimum Gasteiger partial charge on any atom is -0.394 e. The van der Waals surface area contributed by atoms with Crippen molar-refractivity contribution in [1.82, 2.24) is 25.6 Å². The maximum Gasteiger partial charge on any atom is 0.315 e. The molecule has 3 aromatic rings. The molecule has 8 heteroatoms. The Bertz CT molecular complexity index is 946. The van der Waals surface area contributed by atoms with Crippen LogP contribution in [0.1, 0.15) is 31.0 Å². The zero-order chi connectivity index (χ0) is 20.9. The number of carbonyl (C=O) groups excluding carboxylic acids is 1. The molecule has 0 fully saturated rings. The molecule has 0 bridgehead atoms. The number of nitrogens with one attached hydrogen (secondary N) is 2. The van der Waals surface area contributed by atoms with E-state index in [2.05, 4.69) is 20.9 Å². The Balaban J connectivity index is 1.61. The largest absolute Gasteiger partial charge is 0.394 e. The molecule has 3 rings (SSSR count). The molecule has 2 aromatic carbocycles. The van der Waals surface area contributed by atoms with Gasteiger partial charge in [-0.05, 0) is 43.2 Å². The first-order valence-corrected chi connectivity index (χ1v) is 9.30. The third-order valence-electron chi connectivity index (χ3n) is 4.73. The summed E-state index contributed by atoms with van der Waals surface area (Å²) in [4.78, 5) is 12.5. The molecule has 0 aliphatic carbocycles. The number of aromatic nitrogens is 3. The zero-order valence-electron chi connectivity index (χ0n) is 16.3. The van der Waals surface area contributed by atoms with E-state index in [1.807, 2.05) is 31.2 Å². The predicted molar refractivity (Wildman–Crippen MR) is 107 cm³/mol. The van der Waals surface area contributed by atoms with Crippen LogP contribution >= 0.6 is 0 Å². The van der Waals surface area contributed by atoms with Crippen LogP contribution in [0.5, 0.6) is 0 Å². The molecule has 0 saturated carbocycles. The van der Waals surface area contributed by atoms with Crippen molar-refractivity contribution in [3.05, 3.63) is 77.9 Å². The van der Waals surface area contributed by atoms with Gasteiger partial charge in [0.1, 0.15) is 5.82 Å². The van der Waals surface area contributed by atoms with Crippen molar-refractivity contribution >= 4 is 6.03 Å². The molecule has 0 radical (unpaired) electrons. The van der Waals surface area contributed by atoms with Gasteiger partial charge in [0.15, 0.2) is 0 Å². The van der Waals surface area contributed by atoms with Crippen LogP contribution in [0, 0.1) is 5.82 Å². The highest BCUT2D eigenvalue weighted by Gasteiger charge is 2.27. The third kappa shape index (κ3) is 5.17. The maximum atomic E-state index is 13.9. The molecule has 2 unspecified atom stereocenters. The van der Waals surface area contributed by atoms with Crippen molar-refractivity contribution in [2.45, 2.75) is 31.8 Å². The van der Waals surface area contributed by atoms with Gasteiger partial charge in [0.2, 0.25) is 0 Å². The minimum absolute atomic E-state index is 0.171. The van der Waals surface area contributed by atoms with Gasteiger partial charge in [-0.15, -0.1) is 5.10 Å². The number of hydrogen-bond donors (Lipinski definition) is 3. The zero-order valence-corrected chi connectivity index (χ0v) is 16.3. The van der Waals surface area contributed by atoms with E-state index in [9.17, 15) is 14.3 Å². The first kappa shape index (κ1) is 20.5. The van der Waals surface area contributed by atoms with Gasteiger partial charge < -0.3 is 15.7 Å². The highest BCUT2D eigenvalue weighted by atomic mass is 19.1. The maximum absolute atomic E-state index is 13.9. The summed E-state index contributed by atoms with van der Waals surface area (Å²) < 4.78 is 15.6. The van der Waals surface area contributed by atoms with E-state index in [1.54, 1.807) is 42.2 Å². The molecule has 152 valence electrons. The molecule has 1 heterocycles. The second-order valence-electron chi connectivity index (χ2n) is 7.25. The van der Waals surface area contributed by atoms with Crippen molar-refractivity contribution in [3.63, 3.8) is 0 Å². The van der Waals surface area contributed by atoms with Crippen LogP contribution in [-0.2, 0) is 6.42 Å². The van der Waals surface area contributed by atoms with Crippen molar-refractivity contribution in [2.24, 2.45) is 0 Å². The molecule has 0 aliphatic heterocycles. The lowest BCUT2D eigenvalue weighted by atomic mass is 9.93. The van der Waals surface area contributed by atoms with Crippen LogP contribution in [0.15, 0.2) is 60.9 Å². The molecule has 1 aromatic heterocycles. The number of carbonyl (C=O) groups is 1. The van der Waals surface area contributed by atoms with Crippen LogP contribution in [0.3, 0.4) is 0 Å². The number of aliphatic hydroxyl groups excluding tert-OH is 1.